The molecule has 0 heterocycles. The second-order valence-electron chi connectivity index (χ2n) is 1.53. The lowest BCUT2D eigenvalue weighted by Crippen LogP contribution is -2.42. The van der Waals surface area contributed by atoms with Gasteiger partial charge < -0.3 is 9.59 Å². The van der Waals surface area contributed by atoms with E-state index >= 15 is 0 Å². The van der Waals surface area contributed by atoms with Crippen molar-refractivity contribution in [2.45, 2.75) is 13.8 Å². The lowest BCUT2D eigenvalue weighted by molar-refractivity contribution is -0.328. The molecule has 0 aromatic heterocycles. The van der Waals surface area contributed by atoms with Crippen LogP contribution in [0.4, 0.5) is 0 Å². The quantitative estimate of drug-likeness (QED) is 0.324. The highest BCUT2D eigenvalue weighted by atomic mass is 28.4. The van der Waals surface area contributed by atoms with Crippen LogP contribution in [0.25, 0.3) is 0 Å². The van der Waals surface area contributed by atoms with Gasteiger partial charge in [0.05, 0.1) is 13.2 Å². The molecule has 0 aromatic carbocycles. The second-order valence-corrected chi connectivity index (χ2v) is 2.96. The summed E-state index contributed by atoms with van der Waals surface area (Å²) >= 11 is 0. The average Bonchev–Trinajstić information content (AvgIpc) is 1.97. The molecule has 0 aromatic rings. The summed E-state index contributed by atoms with van der Waals surface area (Å²) in [7, 11) is -4.19. The molecule has 0 aliphatic heterocycles. The van der Waals surface area contributed by atoms with Gasteiger partial charge in [-0.3, -0.25) is 0 Å². The van der Waals surface area contributed by atoms with Crippen LogP contribution in [-0.4, -0.2) is 31.9 Å². The van der Waals surface area contributed by atoms with Crippen LogP contribution in [0, 0.1) is 0 Å². The van der Waals surface area contributed by atoms with Crippen molar-refractivity contribution in [3.8, 4) is 0 Å². The van der Waals surface area contributed by atoms with Crippen LogP contribution in [0.15, 0.2) is 0 Å². The maximum Gasteiger partial charge on any atom is 0.730 e. The molecule has 68 valence electrons. The summed E-state index contributed by atoms with van der Waals surface area (Å²) in [6.07, 6.45) is 0. The van der Waals surface area contributed by atoms with Crippen LogP contribution in [0.3, 0.4) is 0 Å². The first-order chi connectivity index (χ1) is 5.12. The molecule has 0 bridgehead atoms. The summed E-state index contributed by atoms with van der Waals surface area (Å²) in [5.41, 5.74) is 0. The number of hydrogen-bond acceptors (Lipinski definition) is 6. The van der Waals surface area contributed by atoms with Crippen LogP contribution < -0.4 is 0 Å². The Bertz CT molecular complexity index is 86.6. The molecule has 6 nitrogen and oxygen atoms in total. The molecule has 2 N–H and O–H groups in total. The lowest BCUT2D eigenvalue weighted by Gasteiger charge is -2.12. The zero-order valence-corrected chi connectivity index (χ0v) is 7.44. The highest BCUT2D eigenvalue weighted by Crippen LogP contribution is 1.99. The van der Waals surface area contributed by atoms with Crippen molar-refractivity contribution in [1.82, 2.24) is 0 Å². The monoisotopic (exact) mass is 184 g/mol. The first-order valence-electron chi connectivity index (χ1n) is 3.18. The Morgan fingerprint density at radius 2 is 1.36 bits per heavy atom. The van der Waals surface area contributed by atoms with E-state index in [0.29, 0.717) is 0 Å². The predicted molar refractivity (Wildman–Crippen MR) is 35.6 cm³/mol. The molecular formula is C4H12O6Si. The zero-order chi connectivity index (χ0) is 8.74. The van der Waals surface area contributed by atoms with Gasteiger partial charge in [0, 0.05) is 0 Å². The first kappa shape index (κ1) is 11.0. The third-order valence-electron chi connectivity index (χ3n) is 0.571. The summed E-state index contributed by atoms with van der Waals surface area (Å²) in [5, 5.41) is 0. The van der Waals surface area contributed by atoms with Crippen LogP contribution in [0.1, 0.15) is 13.8 Å². The molecule has 0 radical (unpaired) electrons. The Balaban J connectivity index is 3.43. The average molecular weight is 184 g/mol. The van der Waals surface area contributed by atoms with E-state index in [9.17, 15) is 0 Å². The molecule has 0 amide bonds. The van der Waals surface area contributed by atoms with Crippen LogP contribution in [-0.2, 0) is 18.9 Å². The highest BCUT2D eigenvalue weighted by molar-refractivity contribution is 6.49. The number of hydrogen-bond donors (Lipinski definition) is 2. The highest BCUT2D eigenvalue weighted by Gasteiger charge is 2.40. The van der Waals surface area contributed by atoms with E-state index in [1.807, 2.05) is 0 Å². The van der Waals surface area contributed by atoms with Crippen molar-refractivity contribution >= 4 is 9.05 Å². The predicted octanol–water partition coefficient (Wildman–Crippen LogP) is -0.657. The van der Waals surface area contributed by atoms with Crippen molar-refractivity contribution in [3.05, 3.63) is 0 Å². The Labute approximate surface area is 65.6 Å². The molecule has 0 fully saturated rings. The Kier molecular flexibility index (Phi) is 5.59. The van der Waals surface area contributed by atoms with E-state index < -0.39 is 9.05 Å². The molecule has 0 saturated heterocycles. The molecule has 0 atom stereocenters. The smallest absolute Gasteiger partial charge is 0.365 e. The van der Waals surface area contributed by atoms with Crippen LogP contribution in [0.5, 0.6) is 0 Å². The van der Waals surface area contributed by atoms with E-state index in [1.165, 1.54) is 0 Å². The van der Waals surface area contributed by atoms with Crippen molar-refractivity contribution in [2.75, 3.05) is 13.2 Å². The van der Waals surface area contributed by atoms with Gasteiger partial charge in [0.15, 0.2) is 0 Å². The second kappa shape index (κ2) is 5.60. The van der Waals surface area contributed by atoms with Crippen molar-refractivity contribution in [2.24, 2.45) is 0 Å². The minimum Gasteiger partial charge on any atom is -0.365 e. The van der Waals surface area contributed by atoms with Gasteiger partial charge in [0.1, 0.15) is 0 Å². The van der Waals surface area contributed by atoms with Crippen LogP contribution in [0.2, 0.25) is 0 Å². The molecule has 0 unspecified atom stereocenters. The Morgan fingerprint density at radius 3 is 1.64 bits per heavy atom. The first-order valence-corrected chi connectivity index (χ1v) is 4.89. The summed E-state index contributed by atoms with van der Waals surface area (Å²) in [5.74, 6) is 0. The summed E-state index contributed by atoms with van der Waals surface area (Å²) in [6, 6.07) is 0. The van der Waals surface area contributed by atoms with Gasteiger partial charge in [0.2, 0.25) is 0 Å². The van der Waals surface area contributed by atoms with Gasteiger partial charge >= 0.3 is 9.05 Å². The van der Waals surface area contributed by atoms with E-state index in [-0.39, 0.29) is 13.2 Å². The molecule has 7 heteroatoms. The van der Waals surface area contributed by atoms with E-state index in [0.717, 1.165) is 0 Å². The topological polar surface area (TPSA) is 77.4 Å². The minimum absolute atomic E-state index is 0.200. The van der Waals surface area contributed by atoms with Crippen molar-refractivity contribution < 1.29 is 28.5 Å². The largest absolute Gasteiger partial charge is 0.730 e. The zero-order valence-electron chi connectivity index (χ0n) is 6.44. The fourth-order valence-electron chi connectivity index (χ4n) is 0.285. The lowest BCUT2D eigenvalue weighted by atomic mass is 10.9. The molecule has 11 heavy (non-hydrogen) atoms. The normalized spacial score (nSPS) is 12.0. The fourth-order valence-corrected chi connectivity index (χ4v) is 0.856. The van der Waals surface area contributed by atoms with Gasteiger partial charge in [-0.15, -0.1) is 0 Å². The van der Waals surface area contributed by atoms with Crippen molar-refractivity contribution in [3.63, 3.8) is 0 Å². The van der Waals surface area contributed by atoms with E-state index in [4.69, 9.17) is 9.59 Å². The van der Waals surface area contributed by atoms with Crippen LogP contribution >= 0.6 is 0 Å². The third-order valence-corrected chi connectivity index (χ3v) is 1.24. The maximum absolute atomic E-state index is 8.78. The molecule has 0 spiro atoms. The maximum atomic E-state index is 8.78. The van der Waals surface area contributed by atoms with E-state index in [2.05, 4.69) is 18.9 Å². The van der Waals surface area contributed by atoms with Crippen molar-refractivity contribution in [1.29, 1.82) is 0 Å². The summed E-state index contributed by atoms with van der Waals surface area (Å²) in [4.78, 5) is 26.1. The molecule has 0 aliphatic rings. The standard InChI is InChI=1S/C4H12O6Si/c1-3-7-9-11(5,6)10-8-4-2/h5-6H,3-4H2,1-2H3. The third kappa shape index (κ3) is 6.38. The Morgan fingerprint density at radius 1 is 1.00 bits per heavy atom. The molecule has 0 saturated carbocycles. The van der Waals surface area contributed by atoms with Gasteiger partial charge in [-0.05, 0) is 13.8 Å². The van der Waals surface area contributed by atoms with Gasteiger partial charge in [-0.1, -0.05) is 0 Å². The van der Waals surface area contributed by atoms with Gasteiger partial charge in [-0.25, -0.2) is 9.78 Å². The molecular weight excluding hydrogens is 172 g/mol. The SMILES string of the molecule is CCOO[Si](O)(O)OOCC. The fraction of sp³-hybridized carbons (Fsp3) is 1.00. The minimum atomic E-state index is -4.19. The Hall–Kier alpha value is -0.0231. The number of rotatable bonds is 6. The van der Waals surface area contributed by atoms with Gasteiger partial charge in [-0.2, -0.15) is 9.15 Å². The molecule has 0 aliphatic carbocycles. The summed E-state index contributed by atoms with van der Waals surface area (Å²) < 4.78 is 8.17. The van der Waals surface area contributed by atoms with Gasteiger partial charge in [0.25, 0.3) is 0 Å². The van der Waals surface area contributed by atoms with E-state index in [1.54, 1.807) is 13.8 Å². The molecule has 0 rings (SSSR count). The summed E-state index contributed by atoms with van der Waals surface area (Å²) in [6.45, 7) is 3.66.